The zero-order valence-corrected chi connectivity index (χ0v) is 12.6. The topological polar surface area (TPSA) is 89.5 Å². The van der Waals surface area contributed by atoms with Crippen LogP contribution < -0.4 is 10.5 Å². The summed E-state index contributed by atoms with van der Waals surface area (Å²) >= 11 is 0. The van der Waals surface area contributed by atoms with Crippen LogP contribution in [0.25, 0.3) is 0 Å². The van der Waals surface area contributed by atoms with Gasteiger partial charge in [0.25, 0.3) is 5.56 Å². The molecule has 0 amide bonds. The molecule has 1 aliphatic rings. The number of aromatic nitrogens is 2. The lowest BCUT2D eigenvalue weighted by molar-refractivity contribution is 0.0696. The van der Waals surface area contributed by atoms with Crippen LogP contribution in [0.1, 0.15) is 15.9 Å². The molecule has 0 aliphatic carbocycles. The molecular weight excluding hydrogens is 296 g/mol. The van der Waals surface area contributed by atoms with E-state index in [1.54, 1.807) is 24.4 Å². The fourth-order valence-corrected chi connectivity index (χ4v) is 2.75. The van der Waals surface area contributed by atoms with E-state index >= 15 is 0 Å². The van der Waals surface area contributed by atoms with E-state index in [1.165, 1.54) is 6.20 Å². The maximum absolute atomic E-state index is 11.8. The van der Waals surface area contributed by atoms with Crippen LogP contribution in [0.3, 0.4) is 0 Å². The van der Waals surface area contributed by atoms with Gasteiger partial charge in [0, 0.05) is 45.1 Å². The molecule has 7 nitrogen and oxygen atoms in total. The van der Waals surface area contributed by atoms with Gasteiger partial charge in [0.05, 0.1) is 5.56 Å². The molecule has 0 atom stereocenters. The minimum atomic E-state index is -0.911. The second-order valence-electron chi connectivity index (χ2n) is 5.51. The summed E-state index contributed by atoms with van der Waals surface area (Å²) in [5.74, 6) is -0.453. The van der Waals surface area contributed by atoms with Gasteiger partial charge in [-0.3, -0.25) is 9.69 Å². The third-order valence-electron chi connectivity index (χ3n) is 3.94. The van der Waals surface area contributed by atoms with Gasteiger partial charge in [-0.2, -0.15) is 0 Å². The zero-order valence-electron chi connectivity index (χ0n) is 12.6. The molecule has 2 N–H and O–H groups in total. The lowest BCUT2D eigenvalue weighted by Gasteiger charge is -2.34. The average molecular weight is 314 g/mol. The monoisotopic (exact) mass is 314 g/mol. The van der Waals surface area contributed by atoms with E-state index in [0.717, 1.165) is 31.7 Å². The SMILES string of the molecule is O=C(O)c1cccc(CN2CCN(c3ncc[nH]c3=O)CC2)c1. The van der Waals surface area contributed by atoms with Crippen molar-refractivity contribution in [2.75, 3.05) is 31.1 Å². The van der Waals surface area contributed by atoms with Crippen LogP contribution in [0.2, 0.25) is 0 Å². The molecule has 1 aromatic carbocycles. The molecule has 7 heteroatoms. The van der Waals surface area contributed by atoms with E-state index in [2.05, 4.69) is 14.9 Å². The number of piperazine rings is 1. The number of aromatic carboxylic acids is 1. The van der Waals surface area contributed by atoms with Gasteiger partial charge in [0.15, 0.2) is 5.82 Å². The third kappa shape index (κ3) is 3.57. The first-order valence-corrected chi connectivity index (χ1v) is 7.47. The van der Waals surface area contributed by atoms with E-state index in [0.29, 0.717) is 17.9 Å². The van der Waals surface area contributed by atoms with Gasteiger partial charge in [0.2, 0.25) is 0 Å². The highest BCUT2D eigenvalue weighted by Crippen LogP contribution is 2.13. The lowest BCUT2D eigenvalue weighted by Crippen LogP contribution is -2.47. The minimum absolute atomic E-state index is 0.171. The van der Waals surface area contributed by atoms with Crippen molar-refractivity contribution in [2.24, 2.45) is 0 Å². The Morgan fingerprint density at radius 3 is 2.74 bits per heavy atom. The number of nitrogens with one attached hydrogen (secondary N) is 1. The van der Waals surface area contributed by atoms with Crippen LogP contribution in [0, 0.1) is 0 Å². The number of carboxylic acids is 1. The van der Waals surface area contributed by atoms with Gasteiger partial charge >= 0.3 is 5.97 Å². The number of rotatable bonds is 4. The molecule has 1 aliphatic heterocycles. The van der Waals surface area contributed by atoms with E-state index in [9.17, 15) is 9.59 Å². The molecule has 0 bridgehead atoms. The summed E-state index contributed by atoms with van der Waals surface area (Å²) in [6.07, 6.45) is 3.11. The van der Waals surface area contributed by atoms with Crippen molar-refractivity contribution >= 4 is 11.8 Å². The van der Waals surface area contributed by atoms with Crippen LogP contribution in [-0.4, -0.2) is 52.1 Å². The van der Waals surface area contributed by atoms with E-state index in [4.69, 9.17) is 5.11 Å². The molecule has 2 heterocycles. The summed E-state index contributed by atoms with van der Waals surface area (Å²) in [7, 11) is 0. The van der Waals surface area contributed by atoms with Crippen LogP contribution >= 0.6 is 0 Å². The second kappa shape index (κ2) is 6.62. The van der Waals surface area contributed by atoms with Crippen LogP contribution in [-0.2, 0) is 6.54 Å². The van der Waals surface area contributed by atoms with Gasteiger partial charge < -0.3 is 15.0 Å². The Hall–Kier alpha value is -2.67. The first kappa shape index (κ1) is 15.2. The summed E-state index contributed by atoms with van der Waals surface area (Å²) < 4.78 is 0. The number of carbonyl (C=O) groups is 1. The summed E-state index contributed by atoms with van der Waals surface area (Å²) in [5, 5.41) is 9.04. The first-order chi connectivity index (χ1) is 11.1. The molecule has 1 aromatic heterocycles. The van der Waals surface area contributed by atoms with E-state index < -0.39 is 5.97 Å². The molecule has 23 heavy (non-hydrogen) atoms. The van der Waals surface area contributed by atoms with Gasteiger partial charge in [-0.15, -0.1) is 0 Å². The summed E-state index contributed by atoms with van der Waals surface area (Å²) in [6.45, 7) is 3.74. The summed E-state index contributed by atoms with van der Waals surface area (Å²) in [4.78, 5) is 33.8. The van der Waals surface area contributed by atoms with Crippen molar-refractivity contribution in [3.05, 3.63) is 58.1 Å². The zero-order chi connectivity index (χ0) is 16.2. The van der Waals surface area contributed by atoms with Gasteiger partial charge in [-0.25, -0.2) is 9.78 Å². The van der Waals surface area contributed by atoms with Crippen LogP contribution in [0.4, 0.5) is 5.82 Å². The molecule has 2 aromatic rings. The van der Waals surface area contributed by atoms with Crippen molar-refractivity contribution in [3.63, 3.8) is 0 Å². The number of aromatic amines is 1. The fraction of sp³-hybridized carbons (Fsp3) is 0.312. The fourth-order valence-electron chi connectivity index (χ4n) is 2.75. The predicted octanol–water partition coefficient (Wildman–Crippen LogP) is 0.790. The maximum atomic E-state index is 11.8. The van der Waals surface area contributed by atoms with E-state index in [-0.39, 0.29) is 5.56 Å². The minimum Gasteiger partial charge on any atom is -0.478 e. The van der Waals surface area contributed by atoms with Crippen LogP contribution in [0.5, 0.6) is 0 Å². The molecule has 120 valence electrons. The first-order valence-electron chi connectivity index (χ1n) is 7.47. The van der Waals surface area contributed by atoms with Crippen molar-refractivity contribution < 1.29 is 9.90 Å². The van der Waals surface area contributed by atoms with Crippen molar-refractivity contribution in [3.8, 4) is 0 Å². The lowest BCUT2D eigenvalue weighted by atomic mass is 10.1. The third-order valence-corrected chi connectivity index (χ3v) is 3.94. The van der Waals surface area contributed by atoms with Gasteiger partial charge in [0.1, 0.15) is 0 Å². The normalized spacial score (nSPS) is 15.6. The van der Waals surface area contributed by atoms with Gasteiger partial charge in [-0.1, -0.05) is 12.1 Å². The Kier molecular flexibility index (Phi) is 4.38. The molecule has 3 rings (SSSR count). The number of nitrogens with zero attached hydrogens (tertiary/aromatic N) is 3. The smallest absolute Gasteiger partial charge is 0.335 e. The Balaban J connectivity index is 1.61. The van der Waals surface area contributed by atoms with E-state index in [1.807, 2.05) is 11.0 Å². The molecule has 0 radical (unpaired) electrons. The largest absolute Gasteiger partial charge is 0.478 e. The molecule has 0 unspecified atom stereocenters. The molecule has 0 spiro atoms. The molecule has 1 saturated heterocycles. The number of hydrogen-bond acceptors (Lipinski definition) is 5. The predicted molar refractivity (Wildman–Crippen MR) is 85.7 cm³/mol. The number of anilines is 1. The Bertz CT molecular complexity index is 751. The summed E-state index contributed by atoms with van der Waals surface area (Å²) in [5.41, 5.74) is 1.12. The highest BCUT2D eigenvalue weighted by Gasteiger charge is 2.20. The highest BCUT2D eigenvalue weighted by atomic mass is 16.4. The average Bonchev–Trinajstić information content (AvgIpc) is 2.56. The summed E-state index contributed by atoms with van der Waals surface area (Å²) in [6, 6.07) is 7.00. The Morgan fingerprint density at radius 1 is 1.26 bits per heavy atom. The molecule has 0 saturated carbocycles. The quantitative estimate of drug-likeness (QED) is 0.867. The number of benzene rings is 1. The maximum Gasteiger partial charge on any atom is 0.335 e. The van der Waals surface area contributed by atoms with Crippen molar-refractivity contribution in [1.82, 2.24) is 14.9 Å². The number of H-pyrrole nitrogens is 1. The van der Waals surface area contributed by atoms with Gasteiger partial charge in [-0.05, 0) is 17.7 Å². The molecule has 1 fully saturated rings. The van der Waals surface area contributed by atoms with Crippen LogP contribution in [0.15, 0.2) is 41.5 Å². The molecular formula is C16H18N4O3. The standard InChI is InChI=1S/C16H18N4O3/c21-15-14(17-4-5-18-15)20-8-6-19(7-9-20)11-12-2-1-3-13(10-12)16(22)23/h1-5,10H,6-9,11H2,(H,18,21)(H,22,23). The van der Waals surface area contributed by atoms with Crippen molar-refractivity contribution in [1.29, 1.82) is 0 Å². The highest BCUT2D eigenvalue weighted by molar-refractivity contribution is 5.87. The van der Waals surface area contributed by atoms with Crippen molar-refractivity contribution in [2.45, 2.75) is 6.54 Å². The Labute approximate surface area is 133 Å². The second-order valence-corrected chi connectivity index (χ2v) is 5.51. The number of carboxylic acid groups (broad SMARTS) is 1. The Morgan fingerprint density at radius 2 is 2.04 bits per heavy atom. The number of hydrogen-bond donors (Lipinski definition) is 2.